The van der Waals surface area contributed by atoms with Crippen LogP contribution in [0.15, 0.2) is 29.2 Å². The van der Waals surface area contributed by atoms with Gasteiger partial charge in [0.1, 0.15) is 11.3 Å². The van der Waals surface area contributed by atoms with E-state index in [1.165, 1.54) is 12.1 Å². The van der Waals surface area contributed by atoms with E-state index in [4.69, 9.17) is 4.74 Å². The van der Waals surface area contributed by atoms with Crippen LogP contribution in [0.25, 0.3) is 11.2 Å². The van der Waals surface area contributed by atoms with Gasteiger partial charge in [-0.2, -0.15) is 4.98 Å². The number of rotatable bonds is 3. The summed E-state index contributed by atoms with van der Waals surface area (Å²) in [6.07, 6.45) is 3.20. The van der Waals surface area contributed by atoms with Gasteiger partial charge in [0.05, 0.1) is 6.20 Å². The fourth-order valence-corrected chi connectivity index (χ4v) is 3.36. The van der Waals surface area contributed by atoms with Gasteiger partial charge in [-0.1, -0.05) is 0 Å². The summed E-state index contributed by atoms with van der Waals surface area (Å²) < 4.78 is 22.0. The third-order valence-corrected chi connectivity index (χ3v) is 4.82. The minimum absolute atomic E-state index is 0.0651. The molecule has 8 heteroatoms. The minimum atomic E-state index is -0.291. The maximum atomic E-state index is 13.3. The van der Waals surface area contributed by atoms with Gasteiger partial charge < -0.3 is 10.1 Å². The Bertz CT molecular complexity index is 1020. The van der Waals surface area contributed by atoms with Gasteiger partial charge in [-0.3, -0.25) is 9.13 Å². The van der Waals surface area contributed by atoms with Crippen molar-refractivity contribution in [3.8, 4) is 0 Å². The lowest BCUT2D eigenvalue weighted by molar-refractivity contribution is 0.0695. The van der Waals surface area contributed by atoms with Crippen molar-refractivity contribution in [3.63, 3.8) is 0 Å². The second kappa shape index (κ2) is 6.53. The quantitative estimate of drug-likeness (QED) is 0.780. The largest absolute Gasteiger partial charge is 0.381 e. The van der Waals surface area contributed by atoms with Crippen LogP contribution in [0.4, 0.5) is 16.0 Å². The predicted octanol–water partition coefficient (Wildman–Crippen LogP) is 2.67. The highest BCUT2D eigenvalue weighted by Crippen LogP contribution is 2.25. The van der Waals surface area contributed by atoms with Crippen LogP contribution in [0, 0.1) is 12.7 Å². The Morgan fingerprint density at radius 3 is 2.81 bits per heavy atom. The van der Waals surface area contributed by atoms with Gasteiger partial charge in [-0.25, -0.2) is 14.2 Å². The summed E-state index contributed by atoms with van der Waals surface area (Å²) >= 11 is 0. The topological polar surface area (TPSA) is 74.0 Å². The number of nitrogens with zero attached hydrogens (tertiary/aromatic N) is 4. The second-order valence-electron chi connectivity index (χ2n) is 6.54. The first-order valence-electron chi connectivity index (χ1n) is 8.59. The van der Waals surface area contributed by atoms with E-state index in [-0.39, 0.29) is 17.5 Å². The van der Waals surface area contributed by atoms with Crippen molar-refractivity contribution >= 4 is 22.8 Å². The summed E-state index contributed by atoms with van der Waals surface area (Å²) in [6, 6.07) is 4.54. The average Bonchev–Trinajstić information content (AvgIpc) is 2.89. The summed E-state index contributed by atoms with van der Waals surface area (Å²) in [7, 11) is 1.72. The number of hydrogen-bond donors (Lipinski definition) is 1. The highest BCUT2D eigenvalue weighted by Gasteiger charge is 2.23. The molecule has 26 heavy (non-hydrogen) atoms. The number of halogens is 1. The number of fused-ring (bicyclic) bond motifs is 1. The Kier molecular flexibility index (Phi) is 4.20. The van der Waals surface area contributed by atoms with E-state index in [0.717, 1.165) is 24.1 Å². The zero-order valence-electron chi connectivity index (χ0n) is 14.7. The third-order valence-electron chi connectivity index (χ3n) is 4.82. The van der Waals surface area contributed by atoms with Gasteiger partial charge >= 0.3 is 5.69 Å². The predicted molar refractivity (Wildman–Crippen MR) is 96.3 cm³/mol. The Balaban J connectivity index is 1.77. The monoisotopic (exact) mass is 357 g/mol. The Morgan fingerprint density at radius 1 is 1.31 bits per heavy atom. The fraction of sp³-hybridized carbons (Fsp3) is 0.389. The van der Waals surface area contributed by atoms with Gasteiger partial charge in [0.2, 0.25) is 5.95 Å². The lowest BCUT2D eigenvalue weighted by Crippen LogP contribution is -2.30. The molecule has 1 aromatic carbocycles. The van der Waals surface area contributed by atoms with Gasteiger partial charge in [0.15, 0.2) is 5.65 Å². The summed E-state index contributed by atoms with van der Waals surface area (Å²) in [5.74, 6) is 0.0828. The molecule has 0 spiro atoms. The SMILES string of the molecule is Cc1cc(F)ccc1Nc1ncc2c(n1)n(C1CCOCC1)c(=O)n2C. The van der Waals surface area contributed by atoms with Gasteiger partial charge in [0.25, 0.3) is 0 Å². The molecule has 0 atom stereocenters. The molecule has 2 aromatic heterocycles. The van der Waals surface area contributed by atoms with E-state index in [2.05, 4.69) is 15.3 Å². The molecule has 1 aliphatic rings. The molecule has 0 unspecified atom stereocenters. The van der Waals surface area contributed by atoms with Crippen molar-refractivity contribution in [2.75, 3.05) is 18.5 Å². The van der Waals surface area contributed by atoms with E-state index >= 15 is 0 Å². The summed E-state index contributed by atoms with van der Waals surface area (Å²) in [5, 5.41) is 3.11. The van der Waals surface area contributed by atoms with Crippen LogP contribution >= 0.6 is 0 Å². The summed E-state index contributed by atoms with van der Waals surface area (Å²) in [5.41, 5.74) is 2.66. The van der Waals surface area contributed by atoms with E-state index in [1.807, 2.05) is 6.92 Å². The molecular weight excluding hydrogens is 337 g/mol. The lowest BCUT2D eigenvalue weighted by Gasteiger charge is -2.22. The van der Waals surface area contributed by atoms with Gasteiger partial charge in [-0.05, 0) is 43.5 Å². The first-order chi connectivity index (χ1) is 12.5. The van der Waals surface area contributed by atoms with Crippen molar-refractivity contribution in [2.24, 2.45) is 7.05 Å². The van der Waals surface area contributed by atoms with E-state index in [0.29, 0.717) is 30.3 Å². The Labute approximate surface area is 149 Å². The van der Waals surface area contributed by atoms with Gasteiger partial charge in [0, 0.05) is 32.0 Å². The molecule has 1 N–H and O–H groups in total. The number of benzene rings is 1. The highest BCUT2D eigenvalue weighted by atomic mass is 19.1. The van der Waals surface area contributed by atoms with Crippen LogP contribution in [0.5, 0.6) is 0 Å². The normalized spacial score (nSPS) is 15.5. The second-order valence-corrected chi connectivity index (χ2v) is 6.54. The van der Waals surface area contributed by atoms with Crippen molar-refractivity contribution in [3.05, 3.63) is 46.3 Å². The molecule has 0 radical (unpaired) electrons. The molecule has 0 bridgehead atoms. The number of aryl methyl sites for hydroxylation is 2. The van der Waals surface area contributed by atoms with Crippen molar-refractivity contribution < 1.29 is 9.13 Å². The smallest absolute Gasteiger partial charge is 0.330 e. The standard InChI is InChI=1S/C18H20FN5O2/c1-11-9-12(19)3-4-14(11)21-17-20-10-15-16(22-17)24(18(25)23(15)2)13-5-7-26-8-6-13/h3-4,9-10,13H,5-8H2,1-2H3,(H,20,21,22). The number of aromatic nitrogens is 4. The van der Waals surface area contributed by atoms with Crippen LogP contribution in [0.1, 0.15) is 24.4 Å². The fourth-order valence-electron chi connectivity index (χ4n) is 3.36. The number of nitrogens with one attached hydrogen (secondary N) is 1. The molecule has 3 aromatic rings. The maximum Gasteiger partial charge on any atom is 0.330 e. The molecule has 0 aliphatic carbocycles. The van der Waals surface area contributed by atoms with Crippen LogP contribution in [-0.4, -0.2) is 32.3 Å². The zero-order valence-corrected chi connectivity index (χ0v) is 14.7. The van der Waals surface area contributed by atoms with Crippen LogP contribution in [0.3, 0.4) is 0 Å². The first kappa shape index (κ1) is 16.7. The highest BCUT2D eigenvalue weighted by molar-refractivity contribution is 5.73. The molecule has 1 aliphatic heterocycles. The molecule has 7 nitrogen and oxygen atoms in total. The molecule has 4 rings (SSSR count). The maximum absolute atomic E-state index is 13.3. The number of hydrogen-bond acceptors (Lipinski definition) is 5. The van der Waals surface area contributed by atoms with Crippen LogP contribution < -0.4 is 11.0 Å². The summed E-state index contributed by atoms with van der Waals surface area (Å²) in [4.78, 5) is 21.6. The lowest BCUT2D eigenvalue weighted by atomic mass is 10.1. The molecule has 0 amide bonds. The zero-order chi connectivity index (χ0) is 18.3. The van der Waals surface area contributed by atoms with Crippen LogP contribution in [0.2, 0.25) is 0 Å². The van der Waals surface area contributed by atoms with E-state index < -0.39 is 0 Å². The van der Waals surface area contributed by atoms with Crippen molar-refractivity contribution in [2.45, 2.75) is 25.8 Å². The minimum Gasteiger partial charge on any atom is -0.381 e. The van der Waals surface area contributed by atoms with Crippen molar-refractivity contribution in [1.82, 2.24) is 19.1 Å². The Hall–Kier alpha value is -2.74. The van der Waals surface area contributed by atoms with Gasteiger partial charge in [-0.15, -0.1) is 0 Å². The Morgan fingerprint density at radius 2 is 2.08 bits per heavy atom. The average molecular weight is 357 g/mol. The molecule has 1 fully saturated rings. The molecule has 1 saturated heterocycles. The number of anilines is 2. The van der Waals surface area contributed by atoms with Crippen LogP contribution in [-0.2, 0) is 11.8 Å². The van der Waals surface area contributed by atoms with Crippen molar-refractivity contribution in [1.29, 1.82) is 0 Å². The summed E-state index contributed by atoms with van der Waals surface area (Å²) in [6.45, 7) is 3.08. The molecule has 3 heterocycles. The molecule has 0 saturated carbocycles. The molecular formula is C18H20FN5O2. The third kappa shape index (κ3) is 2.86. The van der Waals surface area contributed by atoms with E-state index in [9.17, 15) is 9.18 Å². The molecule has 136 valence electrons. The number of ether oxygens (including phenoxy) is 1. The van der Waals surface area contributed by atoms with E-state index in [1.54, 1.807) is 28.4 Å². The number of imidazole rings is 1. The first-order valence-corrected chi connectivity index (χ1v) is 8.59.